The molecule has 1 atom stereocenters. The number of nitroso groups, excluding NO2 is 1. The lowest BCUT2D eigenvalue weighted by atomic mass is 9.87. The number of unbranched alkanes of at least 4 members (excludes halogenated alkanes) is 2. The van der Waals surface area contributed by atoms with Gasteiger partial charge in [-0.05, 0) is 42.4 Å². The lowest BCUT2D eigenvalue weighted by Crippen LogP contribution is -2.19. The summed E-state index contributed by atoms with van der Waals surface area (Å²) < 4.78 is 10.2. The van der Waals surface area contributed by atoms with Gasteiger partial charge in [0.05, 0.1) is 13.7 Å². The summed E-state index contributed by atoms with van der Waals surface area (Å²) in [4.78, 5) is 21.7. The predicted octanol–water partition coefficient (Wildman–Crippen LogP) is 4.23. The standard InChI is InChI=1S/C18H27NO4/c1-18(2,3)14-9-11-15(12-10-14)23-13-7-5-6-8-16(19-21)17(20)22-4/h9-12,16H,5-8,13H2,1-4H3. The van der Waals surface area contributed by atoms with Gasteiger partial charge in [0.25, 0.3) is 0 Å². The SMILES string of the molecule is COC(=O)C(CCCCCOc1ccc(C(C)(C)C)cc1)N=O. The van der Waals surface area contributed by atoms with Crippen LogP contribution in [0.1, 0.15) is 52.0 Å². The van der Waals surface area contributed by atoms with Crippen LogP contribution in [-0.2, 0) is 14.9 Å². The number of nitrogens with zero attached hydrogens (tertiary/aromatic N) is 1. The number of carbonyl (C=O) groups is 1. The van der Waals surface area contributed by atoms with Crippen molar-refractivity contribution in [3.8, 4) is 5.75 Å². The Hall–Kier alpha value is -1.91. The third-order valence-corrected chi connectivity index (χ3v) is 3.71. The highest BCUT2D eigenvalue weighted by molar-refractivity contribution is 5.75. The quantitative estimate of drug-likeness (QED) is 0.388. The number of methoxy groups -OCH3 is 1. The van der Waals surface area contributed by atoms with Gasteiger partial charge in [0, 0.05) is 0 Å². The number of ether oxygens (including phenoxy) is 2. The normalized spacial score (nSPS) is 12.5. The van der Waals surface area contributed by atoms with Crippen LogP contribution in [0.5, 0.6) is 5.75 Å². The van der Waals surface area contributed by atoms with Crippen LogP contribution < -0.4 is 4.74 Å². The maximum absolute atomic E-state index is 11.2. The van der Waals surface area contributed by atoms with Gasteiger partial charge >= 0.3 is 5.97 Å². The van der Waals surface area contributed by atoms with E-state index >= 15 is 0 Å². The molecule has 0 bridgehead atoms. The van der Waals surface area contributed by atoms with Gasteiger partial charge in [0.1, 0.15) is 5.75 Å². The van der Waals surface area contributed by atoms with Crippen molar-refractivity contribution in [1.82, 2.24) is 0 Å². The minimum atomic E-state index is -0.883. The number of esters is 1. The van der Waals surface area contributed by atoms with Gasteiger partial charge in [0.2, 0.25) is 0 Å². The molecule has 0 fully saturated rings. The monoisotopic (exact) mass is 321 g/mol. The predicted molar refractivity (Wildman–Crippen MR) is 90.7 cm³/mol. The molecule has 0 aliphatic carbocycles. The Kier molecular flexibility index (Phi) is 7.72. The fourth-order valence-electron chi connectivity index (χ4n) is 2.21. The van der Waals surface area contributed by atoms with Crippen molar-refractivity contribution in [2.75, 3.05) is 13.7 Å². The molecule has 1 rings (SSSR count). The van der Waals surface area contributed by atoms with E-state index in [9.17, 15) is 9.70 Å². The molecule has 1 aromatic rings. The van der Waals surface area contributed by atoms with E-state index in [0.29, 0.717) is 13.0 Å². The molecule has 0 saturated carbocycles. The molecule has 1 unspecified atom stereocenters. The van der Waals surface area contributed by atoms with Crippen molar-refractivity contribution in [2.45, 2.75) is 57.9 Å². The van der Waals surface area contributed by atoms with Crippen LogP contribution in [-0.4, -0.2) is 25.7 Å². The topological polar surface area (TPSA) is 65.0 Å². The van der Waals surface area contributed by atoms with Gasteiger partial charge < -0.3 is 9.47 Å². The van der Waals surface area contributed by atoms with E-state index in [-0.39, 0.29) is 5.41 Å². The summed E-state index contributed by atoms with van der Waals surface area (Å²) in [5, 5.41) is 2.80. The Morgan fingerprint density at radius 1 is 1.13 bits per heavy atom. The Labute approximate surface area is 138 Å². The molecule has 0 heterocycles. The Balaban J connectivity index is 2.22. The maximum atomic E-state index is 11.2. The second-order valence-corrected chi connectivity index (χ2v) is 6.62. The van der Waals surface area contributed by atoms with Crippen LogP contribution in [0.3, 0.4) is 0 Å². The summed E-state index contributed by atoms with van der Waals surface area (Å²) in [5.41, 5.74) is 1.42. The van der Waals surface area contributed by atoms with Crippen LogP contribution in [0.2, 0.25) is 0 Å². The molecule has 5 heteroatoms. The van der Waals surface area contributed by atoms with E-state index in [1.165, 1.54) is 12.7 Å². The molecule has 0 spiro atoms. The van der Waals surface area contributed by atoms with Crippen LogP contribution in [0.15, 0.2) is 29.4 Å². The molecule has 23 heavy (non-hydrogen) atoms. The van der Waals surface area contributed by atoms with Crippen LogP contribution in [0.4, 0.5) is 0 Å². The third kappa shape index (κ3) is 6.80. The van der Waals surface area contributed by atoms with Crippen molar-refractivity contribution < 1.29 is 14.3 Å². The van der Waals surface area contributed by atoms with Gasteiger partial charge in [-0.1, -0.05) is 44.5 Å². The lowest BCUT2D eigenvalue weighted by molar-refractivity contribution is -0.142. The zero-order chi connectivity index (χ0) is 17.3. The Morgan fingerprint density at radius 3 is 2.30 bits per heavy atom. The van der Waals surface area contributed by atoms with E-state index in [1.807, 2.05) is 12.1 Å². The lowest BCUT2D eigenvalue weighted by Gasteiger charge is -2.19. The van der Waals surface area contributed by atoms with Crippen molar-refractivity contribution >= 4 is 5.97 Å². The minimum Gasteiger partial charge on any atom is -0.494 e. The van der Waals surface area contributed by atoms with Gasteiger partial charge in [-0.25, -0.2) is 4.79 Å². The van der Waals surface area contributed by atoms with Crippen molar-refractivity contribution in [1.29, 1.82) is 0 Å². The van der Waals surface area contributed by atoms with Gasteiger partial charge in [-0.15, -0.1) is 4.91 Å². The minimum absolute atomic E-state index is 0.140. The largest absolute Gasteiger partial charge is 0.494 e. The van der Waals surface area contributed by atoms with E-state index in [2.05, 4.69) is 42.8 Å². The first kappa shape index (κ1) is 19.1. The molecule has 0 N–H and O–H groups in total. The highest BCUT2D eigenvalue weighted by Gasteiger charge is 2.18. The molecule has 0 radical (unpaired) electrons. The summed E-state index contributed by atoms with van der Waals surface area (Å²) in [5.74, 6) is 0.301. The van der Waals surface area contributed by atoms with Crippen molar-refractivity contribution in [2.24, 2.45) is 5.18 Å². The first-order valence-corrected chi connectivity index (χ1v) is 8.02. The zero-order valence-corrected chi connectivity index (χ0v) is 14.5. The zero-order valence-electron chi connectivity index (χ0n) is 14.5. The average Bonchev–Trinajstić information content (AvgIpc) is 2.53. The smallest absolute Gasteiger partial charge is 0.334 e. The fourth-order valence-corrected chi connectivity index (χ4v) is 2.21. The Morgan fingerprint density at radius 2 is 1.78 bits per heavy atom. The van der Waals surface area contributed by atoms with E-state index in [0.717, 1.165) is 25.0 Å². The number of carbonyl (C=O) groups excluding carboxylic acids is 1. The second-order valence-electron chi connectivity index (χ2n) is 6.62. The van der Waals surface area contributed by atoms with Gasteiger partial charge in [0.15, 0.2) is 6.04 Å². The number of benzene rings is 1. The molecule has 5 nitrogen and oxygen atoms in total. The van der Waals surface area contributed by atoms with Crippen molar-refractivity contribution in [3.05, 3.63) is 34.7 Å². The number of hydrogen-bond donors (Lipinski definition) is 0. The molecule has 0 aliphatic heterocycles. The van der Waals surface area contributed by atoms with E-state index in [1.54, 1.807) is 0 Å². The Bertz CT molecular complexity index is 491. The fraction of sp³-hybridized carbons (Fsp3) is 0.611. The van der Waals surface area contributed by atoms with E-state index < -0.39 is 12.0 Å². The molecular formula is C18H27NO4. The van der Waals surface area contributed by atoms with E-state index in [4.69, 9.17) is 4.74 Å². The highest BCUT2D eigenvalue weighted by atomic mass is 16.5. The van der Waals surface area contributed by atoms with Crippen molar-refractivity contribution in [3.63, 3.8) is 0 Å². The molecule has 0 saturated heterocycles. The second kappa shape index (κ2) is 9.28. The first-order valence-electron chi connectivity index (χ1n) is 8.02. The van der Waals surface area contributed by atoms with Crippen LogP contribution in [0.25, 0.3) is 0 Å². The molecule has 1 aromatic carbocycles. The van der Waals surface area contributed by atoms with Crippen LogP contribution >= 0.6 is 0 Å². The summed E-state index contributed by atoms with van der Waals surface area (Å²) in [7, 11) is 1.26. The number of hydrogen-bond acceptors (Lipinski definition) is 5. The van der Waals surface area contributed by atoms with Gasteiger partial charge in [-0.2, -0.15) is 0 Å². The highest BCUT2D eigenvalue weighted by Crippen LogP contribution is 2.24. The summed E-state index contributed by atoms with van der Waals surface area (Å²) >= 11 is 0. The maximum Gasteiger partial charge on any atom is 0.334 e. The summed E-state index contributed by atoms with van der Waals surface area (Å²) in [6, 6.07) is 7.28. The van der Waals surface area contributed by atoms with Gasteiger partial charge in [-0.3, -0.25) is 0 Å². The summed E-state index contributed by atoms with van der Waals surface area (Å²) in [6.07, 6.45) is 2.92. The molecule has 0 aliphatic rings. The number of rotatable bonds is 9. The molecule has 0 amide bonds. The first-order chi connectivity index (χ1) is 10.9. The molecule has 128 valence electrons. The summed E-state index contributed by atoms with van der Waals surface area (Å²) in [6.45, 7) is 7.15. The average molecular weight is 321 g/mol. The third-order valence-electron chi connectivity index (χ3n) is 3.71. The van der Waals surface area contributed by atoms with Crippen LogP contribution in [0, 0.1) is 4.91 Å². The molecular weight excluding hydrogens is 294 g/mol. The molecule has 0 aromatic heterocycles.